The van der Waals surface area contributed by atoms with Gasteiger partial charge in [0.15, 0.2) is 10.6 Å². The number of carbonyl (C=O) groups is 1. The van der Waals surface area contributed by atoms with Crippen molar-refractivity contribution < 1.29 is 14.6 Å². The van der Waals surface area contributed by atoms with Crippen molar-refractivity contribution in [1.29, 1.82) is 0 Å². The van der Waals surface area contributed by atoms with Gasteiger partial charge in [-0.1, -0.05) is 11.8 Å². The molecule has 1 aliphatic rings. The van der Waals surface area contributed by atoms with Gasteiger partial charge in [0.05, 0.1) is 12.1 Å². The second kappa shape index (κ2) is 6.50. The van der Waals surface area contributed by atoms with Crippen molar-refractivity contribution in [3.63, 3.8) is 0 Å². The number of amides is 1. The first-order chi connectivity index (χ1) is 12.9. The highest BCUT2D eigenvalue weighted by Crippen LogP contribution is 2.32. The summed E-state index contributed by atoms with van der Waals surface area (Å²) in [6.45, 7) is 2.57. The van der Waals surface area contributed by atoms with Gasteiger partial charge in [-0.15, -0.1) is 0 Å². The van der Waals surface area contributed by atoms with E-state index < -0.39 is 11.5 Å². The third kappa shape index (κ3) is 3.28. The van der Waals surface area contributed by atoms with E-state index in [1.807, 2.05) is 10.6 Å². The van der Waals surface area contributed by atoms with Crippen LogP contribution in [0.25, 0.3) is 11.4 Å². The van der Waals surface area contributed by atoms with Crippen LogP contribution in [0.15, 0.2) is 30.7 Å². The van der Waals surface area contributed by atoms with E-state index in [1.54, 1.807) is 25.3 Å². The SMILES string of the molecule is C[C@](O)(C#Cc1ccc2c(c1)-c1nc(C(N)=O)cn1CCO2)c1ncns1. The van der Waals surface area contributed by atoms with Crippen molar-refractivity contribution >= 4 is 17.4 Å². The highest BCUT2D eigenvalue weighted by atomic mass is 32.1. The molecule has 1 aliphatic heterocycles. The van der Waals surface area contributed by atoms with E-state index in [-0.39, 0.29) is 5.69 Å². The van der Waals surface area contributed by atoms with Gasteiger partial charge in [-0.2, -0.15) is 4.37 Å². The zero-order valence-corrected chi connectivity index (χ0v) is 15.2. The number of carbonyl (C=O) groups excluding carboxylic acids is 1. The number of nitrogens with two attached hydrogens (primary N) is 1. The molecule has 4 rings (SSSR count). The number of hydrogen-bond donors (Lipinski definition) is 2. The van der Waals surface area contributed by atoms with Crippen LogP contribution in [0.4, 0.5) is 0 Å². The monoisotopic (exact) mass is 381 g/mol. The van der Waals surface area contributed by atoms with Gasteiger partial charge < -0.3 is 20.1 Å². The Balaban J connectivity index is 1.75. The molecule has 0 spiro atoms. The molecule has 0 unspecified atom stereocenters. The van der Waals surface area contributed by atoms with Crippen molar-refractivity contribution in [3.8, 4) is 29.0 Å². The summed E-state index contributed by atoms with van der Waals surface area (Å²) in [6.07, 6.45) is 3.00. The molecule has 1 aromatic carbocycles. The summed E-state index contributed by atoms with van der Waals surface area (Å²) in [4.78, 5) is 19.8. The molecule has 0 saturated heterocycles. The Hall–Kier alpha value is -3.22. The maximum Gasteiger partial charge on any atom is 0.268 e. The second-order valence-corrected chi connectivity index (χ2v) is 6.92. The van der Waals surface area contributed by atoms with Gasteiger partial charge in [0.25, 0.3) is 5.91 Å². The zero-order valence-electron chi connectivity index (χ0n) is 14.3. The minimum atomic E-state index is -1.40. The standard InChI is InChI=1S/C18H15N5O3S/c1-18(25,17-20-10-21-27-17)5-4-11-2-3-14-12(8-11)16-22-13(15(19)24)9-23(16)6-7-26-14/h2-3,8-10,25H,6-7H2,1H3,(H2,19,24)/t18-/m0/s1. The normalized spacial score (nSPS) is 14.6. The lowest BCUT2D eigenvalue weighted by molar-refractivity contribution is 0.0995. The van der Waals surface area contributed by atoms with Crippen LogP contribution in [0.1, 0.15) is 28.0 Å². The summed E-state index contributed by atoms with van der Waals surface area (Å²) < 4.78 is 11.5. The summed E-state index contributed by atoms with van der Waals surface area (Å²) in [6, 6.07) is 5.41. The largest absolute Gasteiger partial charge is 0.491 e. The number of aliphatic hydroxyl groups is 1. The lowest BCUT2D eigenvalue weighted by atomic mass is 10.1. The maximum absolute atomic E-state index is 11.5. The van der Waals surface area contributed by atoms with Crippen molar-refractivity contribution in [3.05, 3.63) is 47.0 Å². The van der Waals surface area contributed by atoms with E-state index in [9.17, 15) is 9.90 Å². The average Bonchev–Trinajstić information content (AvgIpc) is 3.29. The van der Waals surface area contributed by atoms with Crippen molar-refractivity contribution in [2.45, 2.75) is 19.1 Å². The van der Waals surface area contributed by atoms with E-state index in [0.717, 1.165) is 11.5 Å². The fraction of sp³-hybridized carbons (Fsp3) is 0.222. The Labute approximate surface area is 158 Å². The molecule has 0 bridgehead atoms. The van der Waals surface area contributed by atoms with Gasteiger partial charge in [0.2, 0.25) is 0 Å². The molecule has 0 aliphatic carbocycles. The van der Waals surface area contributed by atoms with Crippen LogP contribution in [0, 0.1) is 11.8 Å². The number of benzene rings is 1. The molecule has 3 N–H and O–H groups in total. The van der Waals surface area contributed by atoms with Crippen molar-refractivity contribution in [1.82, 2.24) is 18.9 Å². The number of rotatable bonds is 2. The van der Waals surface area contributed by atoms with Crippen LogP contribution in [-0.2, 0) is 12.1 Å². The first-order valence-corrected chi connectivity index (χ1v) is 8.88. The molecule has 0 radical (unpaired) electrons. The Morgan fingerprint density at radius 2 is 2.33 bits per heavy atom. The quantitative estimate of drug-likeness (QED) is 0.644. The van der Waals surface area contributed by atoms with Gasteiger partial charge in [-0.05, 0) is 36.7 Å². The summed E-state index contributed by atoms with van der Waals surface area (Å²) in [5.74, 6) is 6.44. The molecule has 3 aromatic rings. The number of hydrogen-bond acceptors (Lipinski definition) is 7. The lowest BCUT2D eigenvalue weighted by Crippen LogP contribution is -2.17. The molecule has 9 heteroatoms. The number of nitrogens with zero attached hydrogens (tertiary/aromatic N) is 4. The lowest BCUT2D eigenvalue weighted by Gasteiger charge is -2.11. The Bertz CT molecular complexity index is 1080. The molecule has 8 nitrogen and oxygen atoms in total. The van der Waals surface area contributed by atoms with Crippen LogP contribution >= 0.6 is 11.5 Å². The van der Waals surface area contributed by atoms with E-state index in [1.165, 1.54) is 6.33 Å². The minimum Gasteiger partial charge on any atom is -0.491 e. The fourth-order valence-electron chi connectivity index (χ4n) is 2.72. The highest BCUT2D eigenvalue weighted by Gasteiger charge is 2.24. The predicted molar refractivity (Wildman–Crippen MR) is 98.0 cm³/mol. The molecular weight excluding hydrogens is 366 g/mol. The summed E-state index contributed by atoms with van der Waals surface area (Å²) in [5, 5.41) is 10.9. The molecule has 1 amide bonds. The summed E-state index contributed by atoms with van der Waals surface area (Å²) >= 11 is 1.10. The predicted octanol–water partition coefficient (Wildman–Crippen LogP) is 1.15. The van der Waals surface area contributed by atoms with Gasteiger partial charge in [0.1, 0.15) is 30.2 Å². The van der Waals surface area contributed by atoms with E-state index in [0.29, 0.717) is 40.9 Å². The molecule has 1 atom stereocenters. The Kier molecular flexibility index (Phi) is 4.14. The molecule has 2 aromatic heterocycles. The van der Waals surface area contributed by atoms with Crippen LogP contribution < -0.4 is 10.5 Å². The summed E-state index contributed by atoms with van der Waals surface area (Å²) in [7, 11) is 0. The van der Waals surface area contributed by atoms with Crippen molar-refractivity contribution in [2.24, 2.45) is 5.73 Å². The number of fused-ring (bicyclic) bond motifs is 3. The number of ether oxygens (including phenoxy) is 1. The van der Waals surface area contributed by atoms with Crippen molar-refractivity contribution in [2.75, 3.05) is 6.61 Å². The Morgan fingerprint density at radius 3 is 3.07 bits per heavy atom. The maximum atomic E-state index is 11.5. The van der Waals surface area contributed by atoms with E-state index in [2.05, 4.69) is 26.2 Å². The van der Waals surface area contributed by atoms with Crippen LogP contribution in [0.5, 0.6) is 5.75 Å². The van der Waals surface area contributed by atoms with E-state index in [4.69, 9.17) is 10.5 Å². The van der Waals surface area contributed by atoms with Gasteiger partial charge in [-0.3, -0.25) is 4.79 Å². The van der Waals surface area contributed by atoms with Crippen LogP contribution in [0.3, 0.4) is 0 Å². The molecule has 136 valence electrons. The van der Waals surface area contributed by atoms with Gasteiger partial charge in [-0.25, -0.2) is 9.97 Å². The summed E-state index contributed by atoms with van der Waals surface area (Å²) in [5.41, 5.74) is 5.53. The zero-order chi connectivity index (χ0) is 19.0. The molecule has 27 heavy (non-hydrogen) atoms. The molecule has 3 heterocycles. The fourth-order valence-corrected chi connectivity index (χ4v) is 3.23. The first-order valence-electron chi connectivity index (χ1n) is 8.11. The average molecular weight is 381 g/mol. The second-order valence-electron chi connectivity index (χ2n) is 6.14. The first kappa shape index (κ1) is 17.2. The highest BCUT2D eigenvalue weighted by molar-refractivity contribution is 7.05. The third-order valence-corrected chi connectivity index (χ3v) is 4.94. The van der Waals surface area contributed by atoms with Gasteiger partial charge >= 0.3 is 0 Å². The number of aromatic nitrogens is 4. The topological polar surface area (TPSA) is 116 Å². The molecular formula is C18H15N5O3S. The van der Waals surface area contributed by atoms with Gasteiger partial charge in [0, 0.05) is 11.8 Å². The number of imidazole rings is 1. The third-order valence-electron chi connectivity index (χ3n) is 4.07. The molecule has 0 saturated carbocycles. The Morgan fingerprint density at radius 1 is 1.48 bits per heavy atom. The van der Waals surface area contributed by atoms with Crippen LogP contribution in [-0.4, -0.2) is 36.5 Å². The van der Waals surface area contributed by atoms with Crippen LogP contribution in [0.2, 0.25) is 0 Å². The van der Waals surface area contributed by atoms with E-state index >= 15 is 0 Å². The number of primary amides is 1. The minimum absolute atomic E-state index is 0.202. The smallest absolute Gasteiger partial charge is 0.268 e. The molecule has 0 fully saturated rings.